The van der Waals surface area contributed by atoms with E-state index < -0.39 is 0 Å². The number of carbonyl (C=O) groups excluding carboxylic acids is 2. The first kappa shape index (κ1) is 20.2. The molecular weight excluding hydrogens is 356 g/mol. The molecule has 0 atom stereocenters. The molecule has 2 aliphatic heterocycles. The topological polar surface area (TPSA) is 74.2 Å². The number of nitrogens with one attached hydrogen (secondary N) is 1. The summed E-state index contributed by atoms with van der Waals surface area (Å²) >= 11 is 0. The third kappa shape index (κ3) is 4.64. The van der Waals surface area contributed by atoms with E-state index in [1.165, 1.54) is 12.7 Å². The van der Waals surface area contributed by atoms with E-state index in [4.69, 9.17) is 4.74 Å². The molecule has 7 heteroatoms. The molecule has 0 spiro atoms. The fourth-order valence-electron chi connectivity index (χ4n) is 4.00. The van der Waals surface area contributed by atoms with Gasteiger partial charge < -0.3 is 19.9 Å². The first-order chi connectivity index (χ1) is 13.6. The summed E-state index contributed by atoms with van der Waals surface area (Å²) in [5.41, 5.74) is 2.31. The first-order valence-electron chi connectivity index (χ1n) is 10.1. The molecule has 2 aliphatic rings. The predicted molar refractivity (Wildman–Crippen MR) is 109 cm³/mol. The maximum Gasteiger partial charge on any atom is 0.308 e. The number of nitrogens with zero attached hydrogens (tertiary/aromatic N) is 3. The third-order valence-corrected chi connectivity index (χ3v) is 5.58. The van der Waals surface area contributed by atoms with Crippen LogP contribution in [-0.4, -0.2) is 63.1 Å². The van der Waals surface area contributed by atoms with Crippen LogP contribution in [0.4, 0.5) is 5.69 Å². The Morgan fingerprint density at radius 3 is 2.68 bits per heavy atom. The molecule has 1 aromatic carbocycles. The minimum absolute atomic E-state index is 0.0136. The van der Waals surface area contributed by atoms with Crippen LogP contribution in [0, 0.1) is 5.92 Å². The third-order valence-electron chi connectivity index (χ3n) is 5.58. The molecular formula is C21H30N4O3. The number of guanidine groups is 1. The molecule has 1 amide bonds. The molecule has 0 unspecified atom stereocenters. The van der Waals surface area contributed by atoms with E-state index in [-0.39, 0.29) is 17.8 Å². The first-order valence-corrected chi connectivity index (χ1v) is 10.1. The number of fused-ring (bicyclic) bond motifs is 1. The molecule has 0 bridgehead atoms. The number of ether oxygens (including phenoxy) is 1. The fourth-order valence-corrected chi connectivity index (χ4v) is 4.00. The molecule has 1 aromatic rings. The smallest absolute Gasteiger partial charge is 0.308 e. The van der Waals surface area contributed by atoms with Crippen LogP contribution in [0.5, 0.6) is 0 Å². The number of amides is 1. The number of hydrogen-bond donors (Lipinski definition) is 1. The van der Waals surface area contributed by atoms with Gasteiger partial charge in [-0.25, -0.2) is 0 Å². The van der Waals surface area contributed by atoms with Gasteiger partial charge in [0.25, 0.3) is 0 Å². The van der Waals surface area contributed by atoms with Gasteiger partial charge in [0.15, 0.2) is 5.96 Å². The van der Waals surface area contributed by atoms with Crippen molar-refractivity contribution in [2.45, 2.75) is 32.1 Å². The lowest BCUT2D eigenvalue weighted by Gasteiger charge is -2.33. The molecule has 2 heterocycles. The monoisotopic (exact) mass is 386 g/mol. The Bertz CT molecular complexity index is 726. The zero-order chi connectivity index (χ0) is 19.9. The molecule has 1 N–H and O–H groups in total. The second kappa shape index (κ2) is 9.57. The van der Waals surface area contributed by atoms with E-state index >= 15 is 0 Å². The van der Waals surface area contributed by atoms with Crippen LogP contribution < -0.4 is 10.2 Å². The molecule has 3 rings (SSSR count). The van der Waals surface area contributed by atoms with Gasteiger partial charge in [0, 0.05) is 45.3 Å². The Balaban J connectivity index is 1.40. The van der Waals surface area contributed by atoms with Crippen molar-refractivity contribution in [3.8, 4) is 0 Å². The highest BCUT2D eigenvalue weighted by atomic mass is 16.5. The highest BCUT2D eigenvalue weighted by Gasteiger charge is 2.27. The van der Waals surface area contributed by atoms with Crippen molar-refractivity contribution < 1.29 is 14.3 Å². The number of esters is 1. The van der Waals surface area contributed by atoms with Gasteiger partial charge in [-0.3, -0.25) is 14.6 Å². The normalized spacial score (nSPS) is 17.4. The van der Waals surface area contributed by atoms with Crippen molar-refractivity contribution in [1.82, 2.24) is 10.2 Å². The summed E-state index contributed by atoms with van der Waals surface area (Å²) < 4.78 is 4.84. The minimum Gasteiger partial charge on any atom is -0.469 e. The van der Waals surface area contributed by atoms with Crippen molar-refractivity contribution in [2.24, 2.45) is 10.9 Å². The van der Waals surface area contributed by atoms with Crippen LogP contribution >= 0.6 is 0 Å². The number of anilines is 1. The van der Waals surface area contributed by atoms with Crippen LogP contribution in [0.2, 0.25) is 0 Å². The largest absolute Gasteiger partial charge is 0.469 e. The Kier molecular flexibility index (Phi) is 6.90. The van der Waals surface area contributed by atoms with Gasteiger partial charge >= 0.3 is 5.97 Å². The summed E-state index contributed by atoms with van der Waals surface area (Å²) in [6, 6.07) is 8.13. The zero-order valence-electron chi connectivity index (χ0n) is 16.8. The summed E-state index contributed by atoms with van der Waals surface area (Å²) in [6.45, 7) is 3.04. The second-order valence-corrected chi connectivity index (χ2v) is 7.29. The quantitative estimate of drug-likeness (QED) is 0.362. The number of piperidine rings is 1. The number of methoxy groups -OCH3 is 1. The van der Waals surface area contributed by atoms with Crippen LogP contribution in [0.15, 0.2) is 29.3 Å². The number of carbonyl (C=O) groups is 2. The minimum atomic E-state index is -0.121. The molecule has 1 fully saturated rings. The van der Waals surface area contributed by atoms with E-state index in [0.29, 0.717) is 13.0 Å². The van der Waals surface area contributed by atoms with Crippen molar-refractivity contribution in [1.29, 1.82) is 0 Å². The van der Waals surface area contributed by atoms with Crippen LogP contribution in [-0.2, 0) is 20.7 Å². The number of benzene rings is 1. The standard InChI is InChI=1S/C21H30N4O3/c1-22-21(24-13-9-17(10-14-24)20(27)28-2)23-12-5-8-19(26)25-15-11-16-6-3-4-7-18(16)25/h3-4,6-7,17H,5,8-15H2,1-2H3,(H,22,23). The van der Waals surface area contributed by atoms with Gasteiger partial charge in [-0.05, 0) is 37.3 Å². The van der Waals surface area contributed by atoms with Crippen molar-refractivity contribution in [2.75, 3.05) is 45.2 Å². The molecule has 28 heavy (non-hydrogen) atoms. The molecule has 0 aliphatic carbocycles. The Morgan fingerprint density at radius 2 is 1.96 bits per heavy atom. The lowest BCUT2D eigenvalue weighted by atomic mass is 9.97. The SMILES string of the molecule is CN=C(NCCCC(=O)N1CCc2ccccc21)N1CCC(C(=O)OC)CC1. The average Bonchev–Trinajstić information content (AvgIpc) is 3.17. The lowest BCUT2D eigenvalue weighted by molar-refractivity contribution is -0.146. The number of para-hydroxylation sites is 1. The maximum atomic E-state index is 12.6. The number of likely N-dealkylation sites (tertiary alicyclic amines) is 1. The van der Waals surface area contributed by atoms with Gasteiger partial charge in [-0.1, -0.05) is 18.2 Å². The summed E-state index contributed by atoms with van der Waals surface area (Å²) in [5.74, 6) is 0.882. The summed E-state index contributed by atoms with van der Waals surface area (Å²) in [6.07, 6.45) is 3.77. The average molecular weight is 386 g/mol. The molecule has 0 saturated carbocycles. The van der Waals surface area contributed by atoms with E-state index in [9.17, 15) is 9.59 Å². The molecule has 152 valence electrons. The molecule has 1 saturated heterocycles. The van der Waals surface area contributed by atoms with E-state index in [2.05, 4.69) is 21.3 Å². The zero-order valence-corrected chi connectivity index (χ0v) is 16.8. The van der Waals surface area contributed by atoms with Gasteiger partial charge in [-0.2, -0.15) is 0 Å². The number of hydrogen-bond acceptors (Lipinski definition) is 4. The molecule has 0 radical (unpaired) electrons. The van der Waals surface area contributed by atoms with E-state index in [0.717, 1.165) is 57.0 Å². The Morgan fingerprint density at radius 1 is 1.21 bits per heavy atom. The Labute approximate surface area is 166 Å². The summed E-state index contributed by atoms with van der Waals surface area (Å²) in [7, 11) is 3.21. The highest BCUT2D eigenvalue weighted by molar-refractivity contribution is 5.95. The highest BCUT2D eigenvalue weighted by Crippen LogP contribution is 2.28. The molecule has 7 nitrogen and oxygen atoms in total. The number of aliphatic imine (C=N–C) groups is 1. The van der Waals surface area contributed by atoms with Crippen molar-refractivity contribution in [3.05, 3.63) is 29.8 Å². The Hall–Kier alpha value is -2.57. The number of rotatable bonds is 5. The predicted octanol–water partition coefficient (Wildman–Crippen LogP) is 1.82. The fraction of sp³-hybridized carbons (Fsp3) is 0.571. The summed E-state index contributed by atoms with van der Waals surface area (Å²) in [4.78, 5) is 32.6. The van der Waals surface area contributed by atoms with Gasteiger partial charge in [-0.15, -0.1) is 0 Å². The van der Waals surface area contributed by atoms with Crippen molar-refractivity contribution in [3.63, 3.8) is 0 Å². The van der Waals surface area contributed by atoms with Gasteiger partial charge in [0.05, 0.1) is 13.0 Å². The van der Waals surface area contributed by atoms with Crippen LogP contribution in [0.3, 0.4) is 0 Å². The van der Waals surface area contributed by atoms with Gasteiger partial charge in [0.1, 0.15) is 0 Å². The van der Waals surface area contributed by atoms with Crippen LogP contribution in [0.25, 0.3) is 0 Å². The maximum absolute atomic E-state index is 12.6. The van der Waals surface area contributed by atoms with E-state index in [1.807, 2.05) is 23.1 Å². The lowest BCUT2D eigenvalue weighted by Crippen LogP contribution is -2.47. The van der Waals surface area contributed by atoms with E-state index in [1.54, 1.807) is 7.05 Å². The summed E-state index contributed by atoms with van der Waals surface area (Å²) in [5, 5.41) is 3.35. The van der Waals surface area contributed by atoms with Crippen molar-refractivity contribution >= 4 is 23.5 Å². The molecule has 0 aromatic heterocycles. The second-order valence-electron chi connectivity index (χ2n) is 7.29. The van der Waals surface area contributed by atoms with Crippen LogP contribution in [0.1, 0.15) is 31.2 Å². The van der Waals surface area contributed by atoms with Gasteiger partial charge in [0.2, 0.25) is 5.91 Å².